The molecule has 110 valence electrons. The fourth-order valence-electron chi connectivity index (χ4n) is 1.50. The van der Waals surface area contributed by atoms with Crippen molar-refractivity contribution in [2.24, 2.45) is 0 Å². The van der Waals surface area contributed by atoms with Crippen LogP contribution in [-0.4, -0.2) is 45.9 Å². The second-order valence-corrected chi connectivity index (χ2v) is 5.43. The molecule has 0 spiro atoms. The van der Waals surface area contributed by atoms with Crippen LogP contribution in [0, 0.1) is 0 Å². The molecule has 0 bridgehead atoms. The Labute approximate surface area is 137 Å². The van der Waals surface area contributed by atoms with E-state index in [0.29, 0.717) is 9.88 Å². The van der Waals surface area contributed by atoms with Crippen molar-refractivity contribution in [2.45, 2.75) is 12.1 Å². The van der Waals surface area contributed by atoms with Gasteiger partial charge in [-0.3, -0.25) is 0 Å². The van der Waals surface area contributed by atoms with Gasteiger partial charge in [-0.05, 0) is 50.7 Å². The van der Waals surface area contributed by atoms with Crippen molar-refractivity contribution in [1.82, 2.24) is 14.6 Å². The summed E-state index contributed by atoms with van der Waals surface area (Å²) in [5.41, 5.74) is -5.01. The van der Waals surface area contributed by atoms with Crippen LogP contribution >= 0.6 is 0 Å². The van der Waals surface area contributed by atoms with Crippen LogP contribution in [0.15, 0.2) is 24.3 Å². The van der Waals surface area contributed by atoms with E-state index in [0.717, 1.165) is 20.3 Å². The highest BCUT2D eigenvalue weighted by atomic mass is 32.2. The molecule has 0 saturated carbocycles. The van der Waals surface area contributed by atoms with Crippen molar-refractivity contribution in [3.05, 3.63) is 35.5 Å². The lowest BCUT2D eigenvalue weighted by molar-refractivity contribution is 0.414. The lowest BCUT2D eigenvalue weighted by atomic mass is 10.1. The van der Waals surface area contributed by atoms with Crippen LogP contribution < -0.4 is 4.72 Å². The second-order valence-electron chi connectivity index (χ2n) is 3.91. The van der Waals surface area contributed by atoms with E-state index in [-0.39, 0.29) is 21.2 Å². The SMILES string of the molecule is [2H]c1c(C([2H])([2H])S(=O)(=O)N([2H])C)c([2H])c2c(CC([2H])([2H])N(C)C([2H])([2H])[2H])cn([2H])c2c1[2H]. The van der Waals surface area contributed by atoms with Gasteiger partial charge in [-0.15, -0.1) is 0 Å². The predicted octanol–water partition coefficient (Wildman–Crippen LogP) is 1.32. The number of nitrogens with one attached hydrogen (secondary N) is 2. The maximum absolute atomic E-state index is 12.4. The summed E-state index contributed by atoms with van der Waals surface area (Å²) >= 11 is 0. The fraction of sp³-hybridized carbons (Fsp3) is 0.429. The molecule has 2 rings (SSSR count). The van der Waals surface area contributed by atoms with Crippen LogP contribution in [0.1, 0.15) is 24.8 Å². The van der Waals surface area contributed by atoms with Crippen molar-refractivity contribution < 1.29 is 24.9 Å². The summed E-state index contributed by atoms with van der Waals surface area (Å²) in [7, 11) is -3.29. The summed E-state index contributed by atoms with van der Waals surface area (Å²) < 4.78 is 119. The molecular formula is C14H21N3O2S. The van der Waals surface area contributed by atoms with E-state index in [1.165, 1.54) is 0 Å². The third kappa shape index (κ3) is 3.59. The zero-order valence-electron chi connectivity index (χ0n) is 22.9. The Morgan fingerprint density at radius 1 is 1.65 bits per heavy atom. The van der Waals surface area contributed by atoms with Gasteiger partial charge in [0.25, 0.3) is 0 Å². The standard InChI is InChI=1S/C14H21N3O2S/c1-15-20(18,19)10-11-4-5-14-13(8-11)12(9-16-14)6-7-17(2)3/h4-5,8-9,15-16H,6-7,10H2,1-3H3/i2D3,4D,5D,7D2,8D,10D2/hD2. The average molecular weight is 307 g/mol. The zero-order valence-corrected chi connectivity index (χ0v) is 11.7. The average Bonchev–Trinajstić information content (AvgIpc) is 2.93. The molecule has 0 aliphatic carbocycles. The number of nitrogens with zero attached hydrogens (tertiary/aromatic N) is 1. The number of aryl methyl sites for hydroxylation is 1. The Morgan fingerprint density at radius 2 is 2.45 bits per heavy atom. The molecule has 0 atom stereocenters. The topological polar surface area (TPSA) is 65.2 Å². The molecule has 1 aromatic heterocycles. The first-order valence-electron chi connectivity index (χ1n) is 11.4. The van der Waals surface area contributed by atoms with E-state index in [9.17, 15) is 8.42 Å². The summed E-state index contributed by atoms with van der Waals surface area (Å²) in [6.45, 7) is -5.35. The number of hydrogen-bond donors (Lipinski definition) is 2. The van der Waals surface area contributed by atoms with E-state index in [2.05, 4.69) is 0 Å². The van der Waals surface area contributed by atoms with E-state index < -0.39 is 59.3 Å². The molecule has 2 aromatic rings. The Hall–Kier alpha value is -1.37. The monoisotopic (exact) mass is 307 g/mol. The van der Waals surface area contributed by atoms with Crippen molar-refractivity contribution in [1.29, 1.82) is 0 Å². The van der Waals surface area contributed by atoms with Gasteiger partial charge in [0, 0.05) is 33.2 Å². The minimum Gasteiger partial charge on any atom is -0.361 e. The summed E-state index contributed by atoms with van der Waals surface area (Å²) in [6.07, 6.45) is 0.302. The summed E-state index contributed by atoms with van der Waals surface area (Å²) in [5.74, 6) is 0. The van der Waals surface area contributed by atoms with Crippen LogP contribution in [0.4, 0.5) is 0 Å². The van der Waals surface area contributed by atoms with E-state index in [4.69, 9.17) is 16.5 Å². The molecule has 0 aliphatic rings. The van der Waals surface area contributed by atoms with E-state index in [1.807, 2.05) is 0 Å². The molecular weight excluding hydrogens is 274 g/mol. The molecule has 0 unspecified atom stereocenters. The number of aromatic nitrogens is 1. The van der Waals surface area contributed by atoms with Gasteiger partial charge < -0.3 is 9.88 Å². The normalized spacial score (nSPS) is 23.4. The third-order valence-corrected chi connectivity index (χ3v) is 3.38. The molecule has 1 aromatic carbocycles. The van der Waals surface area contributed by atoms with Crippen LogP contribution in [0.2, 0.25) is 2.82 Å². The van der Waals surface area contributed by atoms with Crippen molar-refractivity contribution in [3.63, 3.8) is 0 Å². The largest absolute Gasteiger partial charge is 0.361 e. The smallest absolute Gasteiger partial charge is 0.215 e. The highest BCUT2D eigenvalue weighted by molar-refractivity contribution is 7.88. The van der Waals surface area contributed by atoms with Gasteiger partial charge in [-0.2, -0.15) is 0 Å². The molecule has 2 N–H and O–H groups in total. The number of rotatable bonds is 6. The highest BCUT2D eigenvalue weighted by Gasteiger charge is 2.11. The van der Waals surface area contributed by atoms with Crippen molar-refractivity contribution >= 4 is 20.9 Å². The molecule has 0 amide bonds. The molecule has 20 heavy (non-hydrogen) atoms. The Balaban J connectivity index is 2.88. The number of sulfonamides is 1. The number of likely N-dealkylation sites (N-methyl/N-ethyl adjacent to an activating group) is 1. The molecule has 1 heterocycles. The van der Waals surface area contributed by atoms with Gasteiger partial charge >= 0.3 is 0 Å². The summed E-state index contributed by atoms with van der Waals surface area (Å²) in [4.78, 5) is 1.02. The molecule has 0 fully saturated rings. The minimum absolute atomic E-state index is 0.150. The van der Waals surface area contributed by atoms with Crippen LogP contribution in [-0.2, 0) is 22.1 Å². The van der Waals surface area contributed by atoms with Gasteiger partial charge in [0.1, 0.15) is 1.41 Å². The molecule has 0 aliphatic heterocycles. The minimum atomic E-state index is -5.03. The number of fused-ring (bicyclic) bond motifs is 1. The van der Waals surface area contributed by atoms with Gasteiger partial charge in [-0.25, -0.2) is 13.1 Å². The molecule has 5 nitrogen and oxygen atoms in total. The van der Waals surface area contributed by atoms with Gasteiger partial charge in [0.15, 0.2) is 1.41 Å². The molecule has 6 heteroatoms. The summed E-state index contributed by atoms with van der Waals surface area (Å²) in [5, 5.41) is -0.356. The quantitative estimate of drug-likeness (QED) is 0.846. The van der Waals surface area contributed by atoms with Crippen molar-refractivity contribution in [2.75, 3.05) is 27.6 Å². The first-order valence-corrected chi connectivity index (χ1v) is 6.98. The third-order valence-electron chi connectivity index (χ3n) is 2.44. The van der Waals surface area contributed by atoms with Gasteiger partial charge in [0.05, 0.1) is 9.82 Å². The Kier molecular flexibility index (Phi) is 1.72. The Morgan fingerprint density at radius 3 is 3.15 bits per heavy atom. The Bertz CT molecular complexity index is 1160. The first-order chi connectivity index (χ1) is 14.2. The van der Waals surface area contributed by atoms with E-state index in [1.54, 1.807) is 0 Å². The van der Waals surface area contributed by atoms with Crippen LogP contribution in [0.25, 0.3) is 10.9 Å². The van der Waals surface area contributed by atoms with Crippen molar-refractivity contribution in [3.8, 4) is 0 Å². The maximum Gasteiger partial charge on any atom is 0.215 e. The first kappa shape index (κ1) is 5.79. The number of aromatic amines is 1. The maximum atomic E-state index is 12.4. The van der Waals surface area contributed by atoms with Gasteiger partial charge in [0.2, 0.25) is 10.0 Å². The van der Waals surface area contributed by atoms with Crippen LogP contribution in [0.3, 0.4) is 0 Å². The highest BCUT2D eigenvalue weighted by Crippen LogP contribution is 2.21. The zero-order chi connectivity index (χ0) is 25.2. The van der Waals surface area contributed by atoms with Gasteiger partial charge in [-0.1, -0.05) is 6.04 Å². The predicted molar refractivity (Wildman–Crippen MR) is 82.2 cm³/mol. The number of benzene rings is 1. The number of hydrogen-bond acceptors (Lipinski definition) is 3. The van der Waals surface area contributed by atoms with E-state index >= 15 is 0 Å². The molecule has 0 radical (unpaired) electrons. The lowest BCUT2D eigenvalue weighted by Crippen LogP contribution is -2.20. The lowest BCUT2D eigenvalue weighted by Gasteiger charge is -2.08. The second kappa shape index (κ2) is 5.95. The fourth-order valence-corrected chi connectivity index (χ4v) is 1.95. The number of H-pyrrole nitrogens is 1. The van der Waals surface area contributed by atoms with Crippen LogP contribution in [0.5, 0.6) is 0 Å². The molecule has 0 saturated heterocycles. The summed E-state index contributed by atoms with van der Waals surface area (Å²) in [6, 6.07) is -2.62.